The Bertz CT molecular complexity index is 401. The van der Waals surface area contributed by atoms with Crippen LogP contribution in [-0.2, 0) is 0 Å². The Morgan fingerprint density at radius 1 is 1.29 bits per heavy atom. The molecule has 0 aliphatic carbocycles. The smallest absolute Gasteiger partial charge is 0.123 e. The number of benzene rings is 1. The first-order chi connectivity index (χ1) is 6.77. The van der Waals surface area contributed by atoms with Crippen LogP contribution in [0.5, 0.6) is 0 Å². The van der Waals surface area contributed by atoms with Crippen molar-refractivity contribution >= 4 is 11.5 Å². The van der Waals surface area contributed by atoms with E-state index in [0.29, 0.717) is 10.4 Å². The van der Waals surface area contributed by atoms with Gasteiger partial charge in [-0.05, 0) is 29.2 Å². The van der Waals surface area contributed by atoms with E-state index in [1.54, 1.807) is 12.1 Å². The van der Waals surface area contributed by atoms with Gasteiger partial charge in [-0.3, -0.25) is 0 Å². The second-order valence-corrected chi connectivity index (χ2v) is 3.59. The lowest BCUT2D eigenvalue weighted by atomic mass is 10.1. The minimum Gasteiger partial charge on any atom is -0.383 e. The van der Waals surface area contributed by atoms with Crippen LogP contribution in [0.2, 0.25) is 0 Å². The van der Waals surface area contributed by atoms with Crippen molar-refractivity contribution in [2.24, 2.45) is 0 Å². The number of aliphatic hydroxyl groups is 1. The SMILES string of the molecule is OC(c1ccc(F)cc1)c1cnns1. The van der Waals surface area contributed by atoms with E-state index in [1.165, 1.54) is 18.3 Å². The molecule has 1 aromatic carbocycles. The number of hydrogen-bond acceptors (Lipinski definition) is 4. The third-order valence-electron chi connectivity index (χ3n) is 1.83. The molecule has 0 spiro atoms. The molecular formula is C9H7FN2OS. The Morgan fingerprint density at radius 2 is 2.00 bits per heavy atom. The summed E-state index contributed by atoms with van der Waals surface area (Å²) in [4.78, 5) is 0.650. The molecule has 0 fully saturated rings. The number of nitrogens with zero attached hydrogens (tertiary/aromatic N) is 2. The second kappa shape index (κ2) is 3.81. The summed E-state index contributed by atoms with van der Waals surface area (Å²) in [5.41, 5.74) is 0.637. The van der Waals surface area contributed by atoms with Crippen LogP contribution in [0.15, 0.2) is 30.5 Å². The van der Waals surface area contributed by atoms with Crippen molar-refractivity contribution in [1.29, 1.82) is 0 Å². The van der Waals surface area contributed by atoms with Gasteiger partial charge in [0.15, 0.2) is 0 Å². The van der Waals surface area contributed by atoms with E-state index < -0.39 is 6.10 Å². The Hall–Kier alpha value is -1.33. The van der Waals surface area contributed by atoms with E-state index in [2.05, 4.69) is 9.59 Å². The molecule has 0 saturated carbocycles. The summed E-state index contributed by atoms with van der Waals surface area (Å²) in [5.74, 6) is -0.316. The first-order valence-corrected chi connectivity index (χ1v) is 4.75. The van der Waals surface area contributed by atoms with Crippen LogP contribution in [0.25, 0.3) is 0 Å². The highest BCUT2D eigenvalue weighted by atomic mass is 32.1. The van der Waals surface area contributed by atoms with Gasteiger partial charge in [0.1, 0.15) is 11.9 Å². The number of hydrogen-bond donors (Lipinski definition) is 1. The fourth-order valence-electron chi connectivity index (χ4n) is 1.10. The van der Waals surface area contributed by atoms with Gasteiger partial charge in [0.25, 0.3) is 0 Å². The summed E-state index contributed by atoms with van der Waals surface area (Å²) in [6.07, 6.45) is 0.731. The highest BCUT2D eigenvalue weighted by Gasteiger charge is 2.12. The Labute approximate surface area is 84.0 Å². The molecule has 0 aliphatic rings. The summed E-state index contributed by atoms with van der Waals surface area (Å²) < 4.78 is 16.2. The fourth-order valence-corrected chi connectivity index (χ4v) is 1.62. The Morgan fingerprint density at radius 3 is 2.57 bits per heavy atom. The van der Waals surface area contributed by atoms with E-state index in [0.717, 1.165) is 11.5 Å². The van der Waals surface area contributed by atoms with Crippen molar-refractivity contribution in [2.75, 3.05) is 0 Å². The summed E-state index contributed by atoms with van der Waals surface area (Å²) in [6, 6.07) is 5.71. The van der Waals surface area contributed by atoms with Crippen LogP contribution in [-0.4, -0.2) is 14.7 Å². The standard InChI is InChI=1S/C9H7FN2OS/c10-7-3-1-6(2-4-7)9(13)8-5-11-12-14-8/h1-5,9,13H. The van der Waals surface area contributed by atoms with Crippen molar-refractivity contribution < 1.29 is 9.50 Å². The normalized spacial score (nSPS) is 12.7. The largest absolute Gasteiger partial charge is 0.383 e. The van der Waals surface area contributed by atoms with Crippen molar-refractivity contribution in [2.45, 2.75) is 6.10 Å². The quantitative estimate of drug-likeness (QED) is 0.821. The van der Waals surface area contributed by atoms with Gasteiger partial charge in [0.2, 0.25) is 0 Å². The van der Waals surface area contributed by atoms with E-state index in [9.17, 15) is 9.50 Å². The van der Waals surface area contributed by atoms with E-state index in [4.69, 9.17) is 0 Å². The monoisotopic (exact) mass is 210 g/mol. The molecule has 14 heavy (non-hydrogen) atoms. The molecule has 0 saturated heterocycles. The van der Waals surface area contributed by atoms with Gasteiger partial charge >= 0.3 is 0 Å². The fraction of sp³-hybridized carbons (Fsp3) is 0.111. The van der Waals surface area contributed by atoms with Crippen molar-refractivity contribution in [3.05, 3.63) is 46.7 Å². The molecule has 72 valence electrons. The van der Waals surface area contributed by atoms with Crippen LogP contribution >= 0.6 is 11.5 Å². The average molecular weight is 210 g/mol. The van der Waals surface area contributed by atoms with Crippen LogP contribution in [0.4, 0.5) is 4.39 Å². The molecular weight excluding hydrogens is 203 g/mol. The maximum Gasteiger partial charge on any atom is 0.123 e. The van der Waals surface area contributed by atoms with Crippen LogP contribution in [0.3, 0.4) is 0 Å². The molecule has 1 N–H and O–H groups in total. The number of halogens is 1. The topological polar surface area (TPSA) is 46.0 Å². The molecule has 1 unspecified atom stereocenters. The number of rotatable bonds is 2. The molecule has 2 rings (SSSR count). The maximum absolute atomic E-state index is 12.6. The zero-order valence-corrected chi connectivity index (χ0v) is 7.91. The van der Waals surface area contributed by atoms with Crippen molar-refractivity contribution in [3.63, 3.8) is 0 Å². The first-order valence-electron chi connectivity index (χ1n) is 3.98. The van der Waals surface area contributed by atoms with E-state index >= 15 is 0 Å². The third-order valence-corrected chi connectivity index (χ3v) is 2.55. The summed E-state index contributed by atoms with van der Waals surface area (Å²) in [5, 5.41) is 13.4. The predicted molar refractivity (Wildman–Crippen MR) is 50.4 cm³/mol. The van der Waals surface area contributed by atoms with E-state index in [1.807, 2.05) is 0 Å². The minimum absolute atomic E-state index is 0.316. The molecule has 1 heterocycles. The van der Waals surface area contributed by atoms with Gasteiger partial charge in [-0.1, -0.05) is 16.6 Å². The maximum atomic E-state index is 12.6. The van der Waals surface area contributed by atoms with Gasteiger partial charge in [-0.15, -0.1) is 5.10 Å². The lowest BCUT2D eigenvalue weighted by Gasteiger charge is -2.06. The van der Waals surface area contributed by atoms with Gasteiger partial charge in [-0.25, -0.2) is 4.39 Å². The minimum atomic E-state index is -0.768. The molecule has 1 aromatic heterocycles. The van der Waals surface area contributed by atoms with Crippen molar-refractivity contribution in [1.82, 2.24) is 9.59 Å². The second-order valence-electron chi connectivity index (χ2n) is 2.77. The van der Waals surface area contributed by atoms with Gasteiger partial charge in [0.05, 0.1) is 11.1 Å². The summed E-state index contributed by atoms with van der Waals surface area (Å²) in [7, 11) is 0. The van der Waals surface area contributed by atoms with Gasteiger partial charge < -0.3 is 5.11 Å². The number of aromatic nitrogens is 2. The lowest BCUT2D eigenvalue weighted by molar-refractivity contribution is 0.224. The van der Waals surface area contributed by atoms with E-state index in [-0.39, 0.29) is 5.82 Å². The number of aliphatic hydroxyl groups excluding tert-OH is 1. The summed E-state index contributed by atoms with van der Waals surface area (Å²) >= 11 is 1.13. The predicted octanol–water partition coefficient (Wildman–Crippen LogP) is 1.76. The van der Waals surface area contributed by atoms with Gasteiger partial charge in [-0.2, -0.15) is 0 Å². The van der Waals surface area contributed by atoms with Crippen LogP contribution in [0, 0.1) is 5.82 Å². The molecule has 3 nitrogen and oxygen atoms in total. The third kappa shape index (κ3) is 1.78. The Kier molecular flexibility index (Phi) is 2.51. The zero-order chi connectivity index (χ0) is 9.97. The molecule has 2 aromatic rings. The molecule has 0 radical (unpaired) electrons. The van der Waals surface area contributed by atoms with Crippen LogP contribution in [0.1, 0.15) is 16.5 Å². The Balaban J connectivity index is 2.28. The zero-order valence-electron chi connectivity index (χ0n) is 7.09. The summed E-state index contributed by atoms with van der Waals surface area (Å²) in [6.45, 7) is 0. The molecule has 5 heteroatoms. The molecule has 0 aliphatic heterocycles. The average Bonchev–Trinajstić information content (AvgIpc) is 2.71. The highest BCUT2D eigenvalue weighted by molar-refractivity contribution is 7.05. The molecule has 0 bridgehead atoms. The highest BCUT2D eigenvalue weighted by Crippen LogP contribution is 2.23. The lowest BCUT2D eigenvalue weighted by Crippen LogP contribution is -1.96. The molecule has 0 amide bonds. The van der Waals surface area contributed by atoms with Crippen LogP contribution < -0.4 is 0 Å². The van der Waals surface area contributed by atoms with Gasteiger partial charge in [0, 0.05) is 0 Å². The first kappa shape index (κ1) is 9.23. The molecule has 1 atom stereocenters. The van der Waals surface area contributed by atoms with Crippen molar-refractivity contribution in [3.8, 4) is 0 Å².